The maximum atomic E-state index is 13.6. The van der Waals surface area contributed by atoms with E-state index in [1.54, 1.807) is 6.08 Å². The predicted molar refractivity (Wildman–Crippen MR) is 120 cm³/mol. The topological polar surface area (TPSA) is 17.1 Å². The smallest absolute Gasteiger partial charge is 0.168 e. The van der Waals surface area contributed by atoms with E-state index in [9.17, 15) is 4.79 Å². The predicted octanol–water partition coefficient (Wildman–Crippen LogP) is 6.52. The van der Waals surface area contributed by atoms with Crippen molar-refractivity contribution < 1.29 is 4.79 Å². The van der Waals surface area contributed by atoms with Crippen LogP contribution in [0.4, 0.5) is 0 Å². The minimum absolute atomic E-state index is 0.0742. The fourth-order valence-electron chi connectivity index (χ4n) is 3.61. The molecule has 0 aliphatic rings. The molecule has 0 bridgehead atoms. The molecule has 0 atom stereocenters. The van der Waals surface area contributed by atoms with Crippen LogP contribution >= 0.6 is 0 Å². The Morgan fingerprint density at radius 2 is 0.862 bits per heavy atom. The molecule has 29 heavy (non-hydrogen) atoms. The standard InChI is InChI=1S/C28H22O/c29-27(28(24-17-9-3-10-18-24)25-19-11-4-12-20-25)21-26(22-13-5-1-6-14-22)23-15-7-2-8-16-23/h1-21,28H. The highest BCUT2D eigenvalue weighted by atomic mass is 16.1. The molecule has 0 saturated heterocycles. The molecular weight excluding hydrogens is 352 g/mol. The first-order valence-corrected chi connectivity index (χ1v) is 9.79. The zero-order chi connectivity index (χ0) is 19.9. The number of allylic oxidation sites excluding steroid dienone is 1. The Kier molecular flexibility index (Phi) is 5.78. The average molecular weight is 374 g/mol. The van der Waals surface area contributed by atoms with Crippen molar-refractivity contribution in [1.82, 2.24) is 0 Å². The van der Waals surface area contributed by atoms with Crippen molar-refractivity contribution in [3.05, 3.63) is 150 Å². The van der Waals surface area contributed by atoms with Crippen molar-refractivity contribution in [1.29, 1.82) is 0 Å². The summed E-state index contributed by atoms with van der Waals surface area (Å²) in [5.74, 6) is -0.259. The lowest BCUT2D eigenvalue weighted by atomic mass is 9.85. The number of hydrogen-bond acceptors (Lipinski definition) is 1. The van der Waals surface area contributed by atoms with Gasteiger partial charge < -0.3 is 0 Å². The minimum Gasteiger partial charge on any atom is -0.294 e. The van der Waals surface area contributed by atoms with Crippen LogP contribution < -0.4 is 0 Å². The van der Waals surface area contributed by atoms with Gasteiger partial charge >= 0.3 is 0 Å². The molecule has 0 aliphatic carbocycles. The molecule has 4 aromatic rings. The third-order valence-electron chi connectivity index (χ3n) is 5.01. The van der Waals surface area contributed by atoms with Crippen molar-refractivity contribution in [3.63, 3.8) is 0 Å². The Hall–Kier alpha value is -3.71. The molecule has 0 fully saturated rings. The highest BCUT2D eigenvalue weighted by Gasteiger charge is 2.22. The summed E-state index contributed by atoms with van der Waals surface area (Å²) in [5.41, 5.74) is 5.01. The van der Waals surface area contributed by atoms with Crippen LogP contribution in [0.25, 0.3) is 5.57 Å². The summed E-state index contributed by atoms with van der Waals surface area (Å²) in [7, 11) is 0. The van der Waals surface area contributed by atoms with Crippen LogP contribution in [0.5, 0.6) is 0 Å². The minimum atomic E-state index is -0.333. The van der Waals surface area contributed by atoms with Crippen LogP contribution in [-0.2, 0) is 4.79 Å². The third kappa shape index (κ3) is 4.41. The zero-order valence-electron chi connectivity index (χ0n) is 16.1. The average Bonchev–Trinajstić information content (AvgIpc) is 2.80. The molecule has 1 nitrogen and oxygen atoms in total. The number of hydrogen-bond donors (Lipinski definition) is 0. The lowest BCUT2D eigenvalue weighted by molar-refractivity contribution is -0.115. The molecule has 0 heterocycles. The molecule has 0 spiro atoms. The molecule has 1 heteroatoms. The second-order valence-electron chi connectivity index (χ2n) is 6.95. The van der Waals surface area contributed by atoms with Crippen molar-refractivity contribution in [2.75, 3.05) is 0 Å². The van der Waals surface area contributed by atoms with E-state index < -0.39 is 0 Å². The first-order chi connectivity index (χ1) is 14.3. The summed E-state index contributed by atoms with van der Waals surface area (Å²) < 4.78 is 0. The van der Waals surface area contributed by atoms with Gasteiger partial charge in [-0.15, -0.1) is 0 Å². The van der Waals surface area contributed by atoms with Crippen molar-refractivity contribution in [3.8, 4) is 0 Å². The number of rotatable bonds is 6. The number of carbonyl (C=O) groups is 1. The van der Waals surface area contributed by atoms with Gasteiger partial charge in [0.15, 0.2) is 5.78 Å². The molecule has 140 valence electrons. The molecule has 0 aromatic heterocycles. The van der Waals surface area contributed by atoms with Crippen LogP contribution in [0.2, 0.25) is 0 Å². The second kappa shape index (κ2) is 8.99. The lowest BCUT2D eigenvalue weighted by Gasteiger charge is -2.17. The van der Waals surface area contributed by atoms with Crippen molar-refractivity contribution in [2.45, 2.75) is 5.92 Å². The number of carbonyl (C=O) groups excluding carboxylic acids is 1. The summed E-state index contributed by atoms with van der Waals surface area (Å²) in [4.78, 5) is 13.6. The molecular formula is C28H22O. The monoisotopic (exact) mass is 374 g/mol. The molecule has 4 rings (SSSR count). The van der Waals surface area contributed by atoms with Gasteiger partial charge in [-0.1, -0.05) is 121 Å². The van der Waals surface area contributed by atoms with Crippen LogP contribution in [0, 0.1) is 0 Å². The summed E-state index contributed by atoms with van der Waals surface area (Å²) in [5, 5.41) is 0. The van der Waals surface area contributed by atoms with Crippen LogP contribution in [0.1, 0.15) is 28.2 Å². The van der Waals surface area contributed by atoms with Gasteiger partial charge in [-0.3, -0.25) is 4.79 Å². The van der Waals surface area contributed by atoms with E-state index in [4.69, 9.17) is 0 Å². The SMILES string of the molecule is O=C(C=C(c1ccccc1)c1ccccc1)C(c1ccccc1)c1ccccc1. The molecule has 0 saturated carbocycles. The lowest BCUT2D eigenvalue weighted by Crippen LogP contribution is -2.12. The Bertz CT molecular complexity index is 1000. The van der Waals surface area contributed by atoms with Crippen LogP contribution in [-0.4, -0.2) is 5.78 Å². The van der Waals surface area contributed by atoms with Gasteiger partial charge in [0.1, 0.15) is 0 Å². The Balaban J connectivity index is 1.82. The summed E-state index contributed by atoms with van der Waals surface area (Å²) >= 11 is 0. The van der Waals surface area contributed by atoms with E-state index in [1.807, 2.05) is 121 Å². The van der Waals surface area contributed by atoms with Crippen LogP contribution in [0.15, 0.2) is 127 Å². The third-order valence-corrected chi connectivity index (χ3v) is 5.01. The fourth-order valence-corrected chi connectivity index (χ4v) is 3.61. The summed E-state index contributed by atoms with van der Waals surface area (Å²) in [6, 6.07) is 40.2. The number of benzene rings is 4. The molecule has 0 amide bonds. The first-order valence-electron chi connectivity index (χ1n) is 9.79. The Morgan fingerprint density at radius 1 is 0.517 bits per heavy atom. The summed E-state index contributed by atoms with van der Waals surface area (Å²) in [6.45, 7) is 0. The van der Waals surface area contributed by atoms with Gasteiger partial charge in [0.05, 0.1) is 5.92 Å². The normalized spacial score (nSPS) is 10.5. The summed E-state index contributed by atoms with van der Waals surface area (Å²) in [6.07, 6.45) is 1.80. The highest BCUT2D eigenvalue weighted by Crippen LogP contribution is 2.29. The first kappa shape index (κ1) is 18.6. The molecule has 0 unspecified atom stereocenters. The van der Waals surface area contributed by atoms with Crippen molar-refractivity contribution in [2.24, 2.45) is 0 Å². The van der Waals surface area contributed by atoms with Gasteiger partial charge in [-0.05, 0) is 33.9 Å². The second-order valence-corrected chi connectivity index (χ2v) is 6.95. The molecule has 0 aliphatic heterocycles. The van der Waals surface area contributed by atoms with Gasteiger partial charge in [-0.25, -0.2) is 0 Å². The quantitative estimate of drug-likeness (QED) is 0.351. The van der Waals surface area contributed by atoms with E-state index in [0.717, 1.165) is 27.8 Å². The van der Waals surface area contributed by atoms with Gasteiger partial charge in [-0.2, -0.15) is 0 Å². The Morgan fingerprint density at radius 3 is 1.24 bits per heavy atom. The van der Waals surface area contributed by atoms with E-state index in [0.29, 0.717) is 0 Å². The van der Waals surface area contributed by atoms with Crippen LogP contribution in [0.3, 0.4) is 0 Å². The fraction of sp³-hybridized carbons (Fsp3) is 0.0357. The highest BCUT2D eigenvalue weighted by molar-refractivity contribution is 6.05. The number of ketones is 1. The maximum Gasteiger partial charge on any atom is 0.168 e. The zero-order valence-corrected chi connectivity index (χ0v) is 16.1. The maximum absolute atomic E-state index is 13.6. The molecule has 0 N–H and O–H groups in total. The van der Waals surface area contributed by atoms with E-state index in [1.165, 1.54) is 0 Å². The Labute approximate surface area is 172 Å². The van der Waals surface area contributed by atoms with E-state index in [2.05, 4.69) is 0 Å². The largest absolute Gasteiger partial charge is 0.294 e. The van der Waals surface area contributed by atoms with Gasteiger partial charge in [0.25, 0.3) is 0 Å². The van der Waals surface area contributed by atoms with Crippen molar-refractivity contribution >= 4 is 11.4 Å². The van der Waals surface area contributed by atoms with E-state index >= 15 is 0 Å². The van der Waals surface area contributed by atoms with Gasteiger partial charge in [0.2, 0.25) is 0 Å². The van der Waals surface area contributed by atoms with E-state index in [-0.39, 0.29) is 11.7 Å². The molecule has 0 radical (unpaired) electrons. The van der Waals surface area contributed by atoms with Gasteiger partial charge in [0, 0.05) is 0 Å². The molecule has 4 aromatic carbocycles.